The van der Waals surface area contributed by atoms with Crippen molar-refractivity contribution in [2.45, 2.75) is 33.0 Å². The lowest BCUT2D eigenvalue weighted by atomic mass is 10.2. The van der Waals surface area contributed by atoms with E-state index in [9.17, 15) is 0 Å². The van der Waals surface area contributed by atoms with Gasteiger partial charge in [-0.2, -0.15) is 0 Å². The highest BCUT2D eigenvalue weighted by atomic mass is 35.5. The van der Waals surface area contributed by atoms with E-state index < -0.39 is 0 Å². The summed E-state index contributed by atoms with van der Waals surface area (Å²) in [7, 11) is 0. The molecule has 3 nitrogen and oxygen atoms in total. The molecule has 12 heavy (non-hydrogen) atoms. The Morgan fingerprint density at radius 1 is 1.58 bits per heavy atom. The summed E-state index contributed by atoms with van der Waals surface area (Å²) in [4.78, 5) is 3.74. The highest BCUT2D eigenvalue weighted by Crippen LogP contribution is 2.14. The van der Waals surface area contributed by atoms with Gasteiger partial charge in [-0.25, -0.2) is 4.98 Å². The first-order valence-corrected chi connectivity index (χ1v) is 4.09. The van der Waals surface area contributed by atoms with E-state index in [0.717, 1.165) is 0 Å². The van der Waals surface area contributed by atoms with Crippen LogP contribution in [0.2, 0.25) is 5.35 Å². The molecule has 68 valence electrons. The zero-order valence-electron chi connectivity index (χ0n) is 7.43. The lowest BCUT2D eigenvalue weighted by Gasteiger charge is -2.17. The fourth-order valence-electron chi connectivity index (χ4n) is 0.638. The predicted molar refractivity (Wildman–Crippen MR) is 46.1 cm³/mol. The Hall–Kier alpha value is -0.540. The van der Waals surface area contributed by atoms with Gasteiger partial charge in [0.2, 0.25) is 0 Å². The largest absolute Gasteiger partial charge is 0.430 e. The minimum atomic E-state index is -0.167. The van der Waals surface area contributed by atoms with E-state index in [1.54, 1.807) is 6.20 Å². The third kappa shape index (κ3) is 3.24. The fraction of sp³-hybridized carbons (Fsp3) is 0.625. The fourth-order valence-corrected chi connectivity index (χ4v) is 0.786. The van der Waals surface area contributed by atoms with Crippen LogP contribution < -0.4 is 0 Å². The Kier molecular flexibility index (Phi) is 2.75. The molecule has 0 amide bonds. The normalized spacial score (nSPS) is 12.0. The summed E-state index contributed by atoms with van der Waals surface area (Å²) in [5, 5.41) is 0.155. The summed E-state index contributed by atoms with van der Waals surface area (Å²) >= 11 is 5.48. The molecule has 0 bridgehead atoms. The van der Waals surface area contributed by atoms with Crippen LogP contribution in [0.4, 0.5) is 0 Å². The summed E-state index contributed by atoms with van der Waals surface area (Å²) in [5.74, 6) is 0.648. The van der Waals surface area contributed by atoms with Crippen LogP contribution in [-0.2, 0) is 11.3 Å². The van der Waals surface area contributed by atoms with Crippen molar-refractivity contribution in [1.82, 2.24) is 4.98 Å². The van der Waals surface area contributed by atoms with Gasteiger partial charge in [-0.15, -0.1) is 0 Å². The Balaban J connectivity index is 2.44. The summed E-state index contributed by atoms with van der Waals surface area (Å²) in [6, 6.07) is 0. The maximum atomic E-state index is 5.48. The van der Waals surface area contributed by atoms with Crippen molar-refractivity contribution in [1.29, 1.82) is 0 Å². The molecule has 1 heterocycles. The van der Waals surface area contributed by atoms with Crippen LogP contribution in [0, 0.1) is 0 Å². The molecule has 0 N–H and O–H groups in total. The highest BCUT2D eigenvalue weighted by molar-refractivity contribution is 6.27. The zero-order chi connectivity index (χ0) is 9.19. The molecule has 0 radical (unpaired) electrons. The highest BCUT2D eigenvalue weighted by Gasteiger charge is 2.11. The topological polar surface area (TPSA) is 35.3 Å². The molecule has 0 saturated carbocycles. The van der Waals surface area contributed by atoms with Gasteiger partial charge in [-0.1, -0.05) is 0 Å². The van der Waals surface area contributed by atoms with Crippen LogP contribution in [0.25, 0.3) is 0 Å². The van der Waals surface area contributed by atoms with E-state index in [1.807, 2.05) is 20.8 Å². The SMILES string of the molecule is CC(C)(C)OCc1cnc(Cl)o1. The third-order valence-electron chi connectivity index (χ3n) is 1.17. The number of oxazole rings is 1. The van der Waals surface area contributed by atoms with Gasteiger partial charge in [-0.05, 0) is 32.4 Å². The second-order valence-corrected chi connectivity index (χ2v) is 3.80. The molecular weight excluding hydrogens is 178 g/mol. The Morgan fingerprint density at radius 2 is 2.25 bits per heavy atom. The van der Waals surface area contributed by atoms with E-state index in [2.05, 4.69) is 4.98 Å². The van der Waals surface area contributed by atoms with E-state index in [1.165, 1.54) is 0 Å². The number of aromatic nitrogens is 1. The van der Waals surface area contributed by atoms with Crippen molar-refractivity contribution in [3.05, 3.63) is 17.3 Å². The molecule has 1 rings (SSSR count). The van der Waals surface area contributed by atoms with Crippen LogP contribution >= 0.6 is 11.6 Å². The number of hydrogen-bond acceptors (Lipinski definition) is 3. The molecule has 1 aromatic heterocycles. The summed E-state index contributed by atoms with van der Waals surface area (Å²) in [5.41, 5.74) is -0.167. The Bertz CT molecular complexity index is 252. The second kappa shape index (κ2) is 3.46. The van der Waals surface area contributed by atoms with Crippen LogP contribution in [0.1, 0.15) is 26.5 Å². The molecule has 0 aromatic carbocycles. The van der Waals surface area contributed by atoms with Gasteiger partial charge < -0.3 is 9.15 Å². The first kappa shape index (κ1) is 9.55. The summed E-state index contributed by atoms with van der Waals surface area (Å²) in [6.45, 7) is 6.34. The van der Waals surface area contributed by atoms with Gasteiger partial charge in [0, 0.05) is 0 Å². The number of halogens is 1. The van der Waals surface area contributed by atoms with Gasteiger partial charge in [0.25, 0.3) is 5.35 Å². The van der Waals surface area contributed by atoms with Crippen molar-refractivity contribution in [3.63, 3.8) is 0 Å². The van der Waals surface area contributed by atoms with Crippen molar-refractivity contribution < 1.29 is 9.15 Å². The number of nitrogens with zero attached hydrogens (tertiary/aromatic N) is 1. The molecule has 0 atom stereocenters. The third-order valence-corrected chi connectivity index (χ3v) is 1.35. The average Bonchev–Trinajstić information content (AvgIpc) is 2.30. The Labute approximate surface area is 76.7 Å². The van der Waals surface area contributed by atoms with Crippen molar-refractivity contribution in [3.8, 4) is 0 Å². The number of ether oxygens (including phenoxy) is 1. The minimum Gasteiger partial charge on any atom is -0.430 e. The smallest absolute Gasteiger partial charge is 0.292 e. The van der Waals surface area contributed by atoms with Crippen molar-refractivity contribution >= 4 is 11.6 Å². The molecule has 0 unspecified atom stereocenters. The maximum Gasteiger partial charge on any atom is 0.292 e. The van der Waals surface area contributed by atoms with Crippen molar-refractivity contribution in [2.24, 2.45) is 0 Å². The molecule has 0 fully saturated rings. The van der Waals surface area contributed by atoms with Crippen LogP contribution in [0.15, 0.2) is 10.6 Å². The van der Waals surface area contributed by atoms with E-state index in [-0.39, 0.29) is 11.0 Å². The summed E-state index contributed by atoms with van der Waals surface area (Å²) in [6.07, 6.45) is 1.56. The van der Waals surface area contributed by atoms with Gasteiger partial charge in [-0.3, -0.25) is 0 Å². The zero-order valence-corrected chi connectivity index (χ0v) is 8.18. The van der Waals surface area contributed by atoms with Crippen molar-refractivity contribution in [2.75, 3.05) is 0 Å². The molecule has 1 aromatic rings. The monoisotopic (exact) mass is 189 g/mol. The van der Waals surface area contributed by atoms with E-state index in [0.29, 0.717) is 12.4 Å². The van der Waals surface area contributed by atoms with Crippen LogP contribution in [-0.4, -0.2) is 10.6 Å². The van der Waals surface area contributed by atoms with E-state index >= 15 is 0 Å². The first-order valence-electron chi connectivity index (χ1n) is 3.71. The van der Waals surface area contributed by atoms with Crippen LogP contribution in [0.3, 0.4) is 0 Å². The van der Waals surface area contributed by atoms with Gasteiger partial charge >= 0.3 is 0 Å². The lowest BCUT2D eigenvalue weighted by molar-refractivity contribution is -0.0223. The number of rotatable bonds is 2. The molecule has 0 aliphatic heterocycles. The molecular formula is C8H12ClNO2. The number of hydrogen-bond donors (Lipinski definition) is 0. The first-order chi connectivity index (χ1) is 5.47. The standard InChI is InChI=1S/C8H12ClNO2/c1-8(2,3)11-5-6-4-10-7(9)12-6/h4H,5H2,1-3H3. The van der Waals surface area contributed by atoms with Gasteiger partial charge in [0.15, 0.2) is 5.76 Å². The second-order valence-electron chi connectivity index (χ2n) is 3.48. The maximum absolute atomic E-state index is 5.48. The molecule has 0 spiro atoms. The summed E-state index contributed by atoms with van der Waals surface area (Å²) < 4.78 is 10.4. The average molecular weight is 190 g/mol. The van der Waals surface area contributed by atoms with Gasteiger partial charge in [0.1, 0.15) is 6.61 Å². The molecule has 0 aliphatic carbocycles. The lowest BCUT2D eigenvalue weighted by Crippen LogP contribution is -2.18. The predicted octanol–water partition coefficient (Wildman–Crippen LogP) is 2.64. The molecule has 0 saturated heterocycles. The minimum absolute atomic E-state index is 0.155. The van der Waals surface area contributed by atoms with Crippen LogP contribution in [0.5, 0.6) is 0 Å². The quantitative estimate of drug-likeness (QED) is 0.718. The molecule has 4 heteroatoms. The van der Waals surface area contributed by atoms with E-state index in [4.69, 9.17) is 20.8 Å². The van der Waals surface area contributed by atoms with Gasteiger partial charge in [0.05, 0.1) is 11.8 Å². The Morgan fingerprint density at radius 3 is 2.67 bits per heavy atom. The molecule has 0 aliphatic rings.